The number of nitrogens with two attached hydrogens (primary N) is 1. The van der Waals surface area contributed by atoms with E-state index in [0.717, 1.165) is 19.3 Å². The lowest BCUT2D eigenvalue weighted by atomic mass is 10.1. The molecule has 0 saturated heterocycles. The van der Waals surface area contributed by atoms with Gasteiger partial charge in [0.25, 0.3) is 0 Å². The van der Waals surface area contributed by atoms with Gasteiger partial charge in [-0.15, -0.1) is 0 Å². The molecule has 0 aliphatic rings. The third-order valence-corrected chi connectivity index (χ3v) is 4.96. The van der Waals surface area contributed by atoms with E-state index in [9.17, 15) is 8.42 Å². The van der Waals surface area contributed by atoms with Crippen molar-refractivity contribution in [3.8, 4) is 0 Å². The van der Waals surface area contributed by atoms with Gasteiger partial charge in [0.05, 0.1) is 10.1 Å². The second kappa shape index (κ2) is 6.17. The van der Waals surface area contributed by atoms with Crippen LogP contribution in [-0.2, 0) is 16.3 Å². The molecular formula is C13H21NO2S. The van der Waals surface area contributed by atoms with Crippen molar-refractivity contribution in [1.29, 1.82) is 0 Å². The lowest BCUT2D eigenvalue weighted by molar-refractivity contribution is 0.587. The van der Waals surface area contributed by atoms with Crippen LogP contribution in [0.1, 0.15) is 32.3 Å². The summed E-state index contributed by atoms with van der Waals surface area (Å²) in [6.45, 7) is 4.11. The normalized spacial score (nSPS) is 12.0. The fourth-order valence-electron chi connectivity index (χ4n) is 1.59. The van der Waals surface area contributed by atoms with Crippen LogP contribution in [0.2, 0.25) is 0 Å². The first kappa shape index (κ1) is 14.2. The Kier molecular flexibility index (Phi) is 5.15. The molecule has 96 valence electrons. The summed E-state index contributed by atoms with van der Waals surface area (Å²) < 4.78 is 23.8. The van der Waals surface area contributed by atoms with Gasteiger partial charge < -0.3 is 5.73 Å². The molecule has 0 heterocycles. The van der Waals surface area contributed by atoms with Crippen LogP contribution >= 0.6 is 0 Å². The Morgan fingerprint density at radius 1 is 1.12 bits per heavy atom. The molecule has 0 saturated carbocycles. The molecule has 4 heteroatoms. The minimum atomic E-state index is -3.14. The zero-order valence-corrected chi connectivity index (χ0v) is 11.3. The van der Waals surface area contributed by atoms with Gasteiger partial charge in [-0.25, -0.2) is 8.42 Å². The maximum atomic E-state index is 11.9. The van der Waals surface area contributed by atoms with E-state index in [1.165, 1.54) is 5.56 Å². The van der Waals surface area contributed by atoms with Gasteiger partial charge in [-0.3, -0.25) is 0 Å². The Hall–Kier alpha value is -0.870. The number of aryl methyl sites for hydroxylation is 1. The van der Waals surface area contributed by atoms with Crippen molar-refractivity contribution in [2.24, 2.45) is 5.73 Å². The highest BCUT2D eigenvalue weighted by Crippen LogP contribution is 2.17. The van der Waals surface area contributed by atoms with Gasteiger partial charge in [-0.2, -0.15) is 0 Å². The van der Waals surface area contributed by atoms with Crippen molar-refractivity contribution in [3.05, 3.63) is 29.8 Å². The summed E-state index contributed by atoms with van der Waals surface area (Å²) in [4.78, 5) is 0.412. The van der Waals surface area contributed by atoms with Gasteiger partial charge in [0, 0.05) is 0 Å². The zero-order valence-electron chi connectivity index (χ0n) is 10.5. The number of benzene rings is 1. The Bertz CT molecular complexity index is 435. The van der Waals surface area contributed by atoms with E-state index in [2.05, 4.69) is 0 Å². The van der Waals surface area contributed by atoms with E-state index in [0.29, 0.717) is 11.4 Å². The van der Waals surface area contributed by atoms with Gasteiger partial charge in [-0.05, 0) is 57.4 Å². The van der Waals surface area contributed by atoms with Crippen LogP contribution in [0.15, 0.2) is 29.2 Å². The first-order valence-corrected chi connectivity index (χ1v) is 7.56. The largest absolute Gasteiger partial charge is 0.330 e. The van der Waals surface area contributed by atoms with E-state index in [-0.39, 0.29) is 5.25 Å². The van der Waals surface area contributed by atoms with Crippen LogP contribution < -0.4 is 5.73 Å². The fraction of sp³-hybridized carbons (Fsp3) is 0.538. The molecule has 0 bridgehead atoms. The van der Waals surface area contributed by atoms with E-state index >= 15 is 0 Å². The Balaban J connectivity index is 2.75. The van der Waals surface area contributed by atoms with Crippen LogP contribution in [0.4, 0.5) is 0 Å². The predicted octanol–water partition coefficient (Wildman–Crippen LogP) is 2.15. The number of hydrogen-bond donors (Lipinski definition) is 1. The topological polar surface area (TPSA) is 60.2 Å². The average molecular weight is 255 g/mol. The molecule has 0 atom stereocenters. The second-order valence-electron chi connectivity index (χ2n) is 4.48. The van der Waals surface area contributed by atoms with Crippen LogP contribution in [0, 0.1) is 0 Å². The summed E-state index contributed by atoms with van der Waals surface area (Å²) in [5.41, 5.74) is 6.60. The number of sulfone groups is 1. The van der Waals surface area contributed by atoms with E-state index in [1.807, 2.05) is 12.1 Å². The lowest BCUT2D eigenvalue weighted by Crippen LogP contribution is -2.13. The van der Waals surface area contributed by atoms with Crippen molar-refractivity contribution >= 4 is 9.84 Å². The average Bonchev–Trinajstić information content (AvgIpc) is 2.30. The predicted molar refractivity (Wildman–Crippen MR) is 70.8 cm³/mol. The van der Waals surface area contributed by atoms with E-state index < -0.39 is 9.84 Å². The molecule has 1 rings (SSSR count). The Morgan fingerprint density at radius 3 is 2.18 bits per heavy atom. The molecule has 0 aromatic heterocycles. The van der Waals surface area contributed by atoms with Gasteiger partial charge in [0.1, 0.15) is 0 Å². The maximum absolute atomic E-state index is 11.9. The second-order valence-corrected chi connectivity index (χ2v) is 6.99. The van der Waals surface area contributed by atoms with Crippen molar-refractivity contribution in [1.82, 2.24) is 0 Å². The highest BCUT2D eigenvalue weighted by atomic mass is 32.2. The van der Waals surface area contributed by atoms with E-state index in [1.54, 1.807) is 26.0 Å². The smallest absolute Gasteiger partial charge is 0.180 e. The summed E-state index contributed by atoms with van der Waals surface area (Å²) in [7, 11) is -3.14. The fourth-order valence-corrected chi connectivity index (χ4v) is 2.65. The molecule has 0 spiro atoms. The summed E-state index contributed by atoms with van der Waals surface area (Å²) in [5.74, 6) is 0. The molecule has 17 heavy (non-hydrogen) atoms. The Morgan fingerprint density at radius 2 is 1.71 bits per heavy atom. The molecule has 1 aromatic carbocycles. The first-order chi connectivity index (χ1) is 7.98. The number of unbranched alkanes of at least 4 members (excludes halogenated alkanes) is 1. The van der Waals surface area contributed by atoms with Crippen LogP contribution in [-0.4, -0.2) is 20.2 Å². The molecule has 0 radical (unpaired) electrons. The van der Waals surface area contributed by atoms with Crippen molar-refractivity contribution in [2.75, 3.05) is 6.54 Å². The summed E-state index contributed by atoms with van der Waals surface area (Å²) in [6.07, 6.45) is 3.01. The molecule has 2 N–H and O–H groups in total. The quantitative estimate of drug-likeness (QED) is 0.792. The highest BCUT2D eigenvalue weighted by molar-refractivity contribution is 7.92. The van der Waals surface area contributed by atoms with Gasteiger partial charge in [0.2, 0.25) is 0 Å². The third-order valence-electron chi connectivity index (χ3n) is 2.79. The third kappa shape index (κ3) is 3.82. The molecule has 0 unspecified atom stereocenters. The van der Waals surface area contributed by atoms with Crippen molar-refractivity contribution in [3.63, 3.8) is 0 Å². The first-order valence-electron chi connectivity index (χ1n) is 6.01. The molecule has 0 aliphatic heterocycles. The molecule has 0 aliphatic carbocycles. The Labute approximate surface area is 104 Å². The zero-order chi connectivity index (χ0) is 12.9. The molecule has 1 aromatic rings. The monoisotopic (exact) mass is 255 g/mol. The van der Waals surface area contributed by atoms with Crippen LogP contribution in [0.25, 0.3) is 0 Å². The molecule has 0 amide bonds. The number of hydrogen-bond acceptors (Lipinski definition) is 3. The molecule has 0 fully saturated rings. The lowest BCUT2D eigenvalue weighted by Gasteiger charge is -2.08. The minimum absolute atomic E-state index is 0.370. The summed E-state index contributed by atoms with van der Waals surface area (Å²) >= 11 is 0. The maximum Gasteiger partial charge on any atom is 0.180 e. The van der Waals surface area contributed by atoms with Crippen LogP contribution in [0.5, 0.6) is 0 Å². The number of rotatable bonds is 6. The van der Waals surface area contributed by atoms with E-state index in [4.69, 9.17) is 5.73 Å². The molecular weight excluding hydrogens is 234 g/mol. The molecule has 3 nitrogen and oxygen atoms in total. The minimum Gasteiger partial charge on any atom is -0.330 e. The van der Waals surface area contributed by atoms with Crippen molar-refractivity contribution in [2.45, 2.75) is 43.3 Å². The van der Waals surface area contributed by atoms with Gasteiger partial charge >= 0.3 is 0 Å². The van der Waals surface area contributed by atoms with Gasteiger partial charge in [-0.1, -0.05) is 12.1 Å². The van der Waals surface area contributed by atoms with Crippen LogP contribution in [0.3, 0.4) is 0 Å². The summed E-state index contributed by atoms with van der Waals surface area (Å²) in [5, 5.41) is -0.370. The SMILES string of the molecule is CC(C)S(=O)(=O)c1ccc(CCCCN)cc1. The summed E-state index contributed by atoms with van der Waals surface area (Å²) in [6, 6.07) is 7.19. The standard InChI is InChI=1S/C13H21NO2S/c1-11(2)17(15,16)13-8-6-12(7-9-13)5-3-4-10-14/h6-9,11H,3-5,10,14H2,1-2H3. The van der Waals surface area contributed by atoms with Gasteiger partial charge in [0.15, 0.2) is 9.84 Å². The highest BCUT2D eigenvalue weighted by Gasteiger charge is 2.18. The van der Waals surface area contributed by atoms with Crippen molar-refractivity contribution < 1.29 is 8.42 Å².